The lowest BCUT2D eigenvalue weighted by molar-refractivity contribution is -0.116. The van der Waals surface area contributed by atoms with Crippen molar-refractivity contribution in [1.29, 1.82) is 5.26 Å². The van der Waals surface area contributed by atoms with Crippen molar-refractivity contribution in [1.82, 2.24) is 4.98 Å². The Hall–Kier alpha value is -2.12. The quantitative estimate of drug-likeness (QED) is 0.901. The molecule has 0 fully saturated rings. The smallest absolute Gasteiger partial charge is 0.134 e. The van der Waals surface area contributed by atoms with Gasteiger partial charge in [-0.15, -0.1) is 0 Å². The van der Waals surface area contributed by atoms with Gasteiger partial charge >= 0.3 is 0 Å². The van der Waals surface area contributed by atoms with Crippen LogP contribution in [0.15, 0.2) is 18.3 Å². The third kappa shape index (κ3) is 2.13. The minimum atomic E-state index is -0.0647. The third-order valence-electron chi connectivity index (χ3n) is 2.56. The molecule has 1 heterocycles. The number of hydrogen-bond acceptors (Lipinski definition) is 4. The lowest BCUT2D eigenvalue weighted by Crippen LogP contribution is -1.97. The van der Waals surface area contributed by atoms with Gasteiger partial charge in [-0.05, 0) is 13.0 Å². The highest BCUT2D eigenvalue weighted by molar-refractivity contribution is 6.36. The summed E-state index contributed by atoms with van der Waals surface area (Å²) < 4.78 is 0. The maximum atomic E-state index is 11.1. The molecule has 90 valence electrons. The van der Waals surface area contributed by atoms with E-state index in [4.69, 9.17) is 16.9 Å². The Morgan fingerprint density at radius 1 is 1.56 bits per heavy atom. The van der Waals surface area contributed by atoms with Crippen LogP contribution in [0.5, 0.6) is 5.75 Å². The molecule has 1 N–H and O–H groups in total. The van der Waals surface area contributed by atoms with Gasteiger partial charge in [0.15, 0.2) is 0 Å². The van der Waals surface area contributed by atoms with Gasteiger partial charge in [0.05, 0.1) is 16.1 Å². The largest absolute Gasteiger partial charge is 0.508 e. The average Bonchev–Trinajstić information content (AvgIpc) is 2.31. The number of fused-ring (bicyclic) bond motifs is 1. The molecule has 0 radical (unpaired) electrons. The highest BCUT2D eigenvalue weighted by Crippen LogP contribution is 2.30. The van der Waals surface area contributed by atoms with E-state index in [0.29, 0.717) is 16.5 Å². The molecule has 1 aromatic heterocycles. The number of aromatic nitrogens is 1. The van der Waals surface area contributed by atoms with Crippen LogP contribution in [0.3, 0.4) is 0 Å². The van der Waals surface area contributed by atoms with E-state index in [0.717, 1.165) is 0 Å². The number of nitriles is 1. The molecule has 0 saturated carbocycles. The Balaban J connectivity index is 2.71. The number of ketones is 1. The Morgan fingerprint density at radius 2 is 2.28 bits per heavy atom. The molecule has 2 rings (SSSR count). The van der Waals surface area contributed by atoms with E-state index in [1.54, 1.807) is 6.07 Å². The number of Topliss-reactive ketones (excluding diaryl/α,β-unsaturated/α-hetero) is 1. The van der Waals surface area contributed by atoms with Gasteiger partial charge in [0.1, 0.15) is 17.6 Å². The van der Waals surface area contributed by atoms with Gasteiger partial charge in [-0.1, -0.05) is 11.6 Å². The van der Waals surface area contributed by atoms with Crippen LogP contribution in [0.4, 0.5) is 0 Å². The van der Waals surface area contributed by atoms with Crippen LogP contribution >= 0.6 is 11.6 Å². The van der Waals surface area contributed by atoms with E-state index in [1.165, 1.54) is 19.2 Å². The first-order valence-corrected chi connectivity index (χ1v) is 5.60. The number of carbonyl (C=O) groups excluding carboxylic acids is 1. The monoisotopic (exact) mass is 260 g/mol. The number of halogens is 1. The standard InChI is InChI=1S/C13H9ClN2O2/c1-7(17)2-8-3-10-11(4-12(8)18)16-6-9(5-15)13(10)14/h3-4,6,18H,2H2,1H3. The summed E-state index contributed by atoms with van der Waals surface area (Å²) in [5.41, 5.74) is 1.24. The van der Waals surface area contributed by atoms with Crippen LogP contribution in [0.1, 0.15) is 18.1 Å². The van der Waals surface area contributed by atoms with E-state index in [9.17, 15) is 9.90 Å². The summed E-state index contributed by atoms with van der Waals surface area (Å²) in [6, 6.07) is 4.98. The fourth-order valence-electron chi connectivity index (χ4n) is 1.73. The van der Waals surface area contributed by atoms with Crippen LogP contribution in [-0.2, 0) is 11.2 Å². The number of phenols is 1. The highest BCUT2D eigenvalue weighted by Gasteiger charge is 2.11. The van der Waals surface area contributed by atoms with Crippen molar-refractivity contribution in [2.45, 2.75) is 13.3 Å². The fourth-order valence-corrected chi connectivity index (χ4v) is 1.97. The van der Waals surface area contributed by atoms with Crippen LogP contribution in [-0.4, -0.2) is 15.9 Å². The van der Waals surface area contributed by atoms with Gasteiger partial charge in [-0.3, -0.25) is 9.78 Å². The van der Waals surface area contributed by atoms with E-state index in [2.05, 4.69) is 4.98 Å². The predicted octanol–water partition coefficient (Wildman–Crippen LogP) is 2.60. The summed E-state index contributed by atoms with van der Waals surface area (Å²) in [6.45, 7) is 1.44. The van der Waals surface area contributed by atoms with Crippen LogP contribution in [0.2, 0.25) is 5.02 Å². The molecule has 1 aromatic carbocycles. The SMILES string of the molecule is CC(=O)Cc1cc2c(Cl)c(C#N)cnc2cc1O. The van der Waals surface area contributed by atoms with E-state index < -0.39 is 0 Å². The number of pyridine rings is 1. The molecule has 0 aliphatic rings. The normalized spacial score (nSPS) is 10.3. The summed E-state index contributed by atoms with van der Waals surface area (Å²) in [5, 5.41) is 19.5. The maximum Gasteiger partial charge on any atom is 0.134 e. The first kappa shape index (κ1) is 12.3. The van der Waals surface area contributed by atoms with Gasteiger partial charge in [-0.2, -0.15) is 5.26 Å². The second-order valence-corrected chi connectivity index (χ2v) is 4.35. The molecule has 0 spiro atoms. The Morgan fingerprint density at radius 3 is 2.89 bits per heavy atom. The third-order valence-corrected chi connectivity index (χ3v) is 2.97. The zero-order valence-corrected chi connectivity index (χ0v) is 10.3. The first-order chi connectivity index (χ1) is 8.52. The van der Waals surface area contributed by atoms with Gasteiger partial charge in [-0.25, -0.2) is 0 Å². The van der Waals surface area contributed by atoms with Crippen LogP contribution in [0, 0.1) is 11.3 Å². The van der Waals surface area contributed by atoms with Crippen molar-refractivity contribution in [2.75, 3.05) is 0 Å². The molecule has 0 aliphatic heterocycles. The Labute approximate surface area is 108 Å². The number of benzene rings is 1. The van der Waals surface area contributed by atoms with Gasteiger partial charge in [0, 0.05) is 29.6 Å². The van der Waals surface area contributed by atoms with Gasteiger partial charge in [0.25, 0.3) is 0 Å². The summed E-state index contributed by atoms with van der Waals surface area (Å²) >= 11 is 6.07. The van der Waals surface area contributed by atoms with E-state index in [-0.39, 0.29) is 28.5 Å². The molecule has 0 bridgehead atoms. The number of rotatable bonds is 2. The molecule has 0 saturated heterocycles. The first-order valence-electron chi connectivity index (χ1n) is 5.22. The topological polar surface area (TPSA) is 74.0 Å². The summed E-state index contributed by atoms with van der Waals surface area (Å²) in [6.07, 6.45) is 1.48. The molecule has 2 aromatic rings. The zero-order valence-electron chi connectivity index (χ0n) is 9.57. The number of nitrogens with zero attached hydrogens (tertiary/aromatic N) is 2. The second kappa shape index (κ2) is 4.63. The van der Waals surface area contributed by atoms with E-state index in [1.807, 2.05) is 6.07 Å². The van der Waals surface area contributed by atoms with E-state index >= 15 is 0 Å². The highest BCUT2D eigenvalue weighted by atomic mass is 35.5. The average molecular weight is 261 g/mol. The summed E-state index contributed by atoms with van der Waals surface area (Å²) in [4.78, 5) is 15.1. The minimum Gasteiger partial charge on any atom is -0.508 e. The molecular weight excluding hydrogens is 252 g/mol. The van der Waals surface area contributed by atoms with Crippen molar-refractivity contribution in [3.8, 4) is 11.8 Å². The van der Waals surface area contributed by atoms with Gasteiger partial charge < -0.3 is 5.11 Å². The summed E-state index contributed by atoms with van der Waals surface area (Å²) in [5.74, 6) is -0.0591. The number of phenolic OH excluding ortho intramolecular Hbond substituents is 1. The van der Waals surface area contributed by atoms with Gasteiger partial charge in [0.2, 0.25) is 0 Å². The lowest BCUT2D eigenvalue weighted by atomic mass is 10.0. The molecule has 0 aliphatic carbocycles. The maximum absolute atomic E-state index is 11.1. The summed E-state index contributed by atoms with van der Waals surface area (Å²) in [7, 11) is 0. The molecule has 18 heavy (non-hydrogen) atoms. The van der Waals surface area contributed by atoms with Crippen molar-refractivity contribution < 1.29 is 9.90 Å². The Bertz CT molecular complexity index is 689. The number of aromatic hydroxyl groups is 1. The van der Waals surface area contributed by atoms with Crippen molar-refractivity contribution in [3.05, 3.63) is 34.5 Å². The van der Waals surface area contributed by atoms with Crippen molar-refractivity contribution in [2.24, 2.45) is 0 Å². The lowest BCUT2D eigenvalue weighted by Gasteiger charge is -2.07. The molecule has 0 atom stereocenters. The number of hydrogen-bond donors (Lipinski definition) is 1. The predicted molar refractivity (Wildman–Crippen MR) is 67.5 cm³/mol. The van der Waals surface area contributed by atoms with Crippen molar-refractivity contribution in [3.63, 3.8) is 0 Å². The molecule has 0 unspecified atom stereocenters. The van der Waals surface area contributed by atoms with Crippen LogP contribution in [0.25, 0.3) is 10.9 Å². The molecule has 4 nitrogen and oxygen atoms in total. The molecule has 5 heteroatoms. The van der Waals surface area contributed by atoms with Crippen molar-refractivity contribution >= 4 is 28.3 Å². The molecular formula is C13H9ClN2O2. The Kier molecular flexibility index (Phi) is 3.17. The number of carbonyl (C=O) groups is 1. The fraction of sp³-hybridized carbons (Fsp3) is 0.154. The minimum absolute atomic E-state index is 0.00553. The zero-order chi connectivity index (χ0) is 13.3. The molecule has 0 amide bonds. The second-order valence-electron chi connectivity index (χ2n) is 3.97. The van der Waals surface area contributed by atoms with Crippen LogP contribution < -0.4 is 0 Å².